The van der Waals surface area contributed by atoms with Gasteiger partial charge < -0.3 is 14.6 Å². The molecule has 0 saturated heterocycles. The van der Waals surface area contributed by atoms with Crippen molar-refractivity contribution in [2.24, 2.45) is 22.2 Å². The van der Waals surface area contributed by atoms with Crippen LogP contribution in [0, 0.1) is 33.5 Å². The summed E-state index contributed by atoms with van der Waals surface area (Å²) in [4.78, 5) is 24.5. The lowest BCUT2D eigenvalue weighted by Gasteiger charge is -2.46. The quantitative estimate of drug-likeness (QED) is 0.375. The van der Waals surface area contributed by atoms with Gasteiger partial charge in [-0.05, 0) is 72.6 Å². The van der Waals surface area contributed by atoms with Gasteiger partial charge in [-0.25, -0.2) is 0 Å². The van der Waals surface area contributed by atoms with Gasteiger partial charge in [-0.2, -0.15) is 5.26 Å². The largest absolute Gasteiger partial charge is 0.481 e. The molecule has 0 bridgehead atoms. The Bertz CT molecular complexity index is 668. The zero-order valence-electron chi connectivity index (χ0n) is 21.6. The third-order valence-corrected chi connectivity index (χ3v) is 6.74. The van der Waals surface area contributed by atoms with Gasteiger partial charge in [0, 0.05) is 12.8 Å². The molecule has 180 valence electrons. The number of hydrogen-bond acceptors (Lipinski definition) is 5. The van der Waals surface area contributed by atoms with Crippen LogP contribution in [0.25, 0.3) is 0 Å². The fourth-order valence-corrected chi connectivity index (χ4v) is 3.55. The second-order valence-corrected chi connectivity index (χ2v) is 11.8. The third kappa shape index (κ3) is 8.80. The van der Waals surface area contributed by atoms with E-state index in [4.69, 9.17) is 14.6 Å². The predicted molar refractivity (Wildman–Crippen MR) is 122 cm³/mol. The van der Waals surface area contributed by atoms with Crippen molar-refractivity contribution in [1.29, 1.82) is 5.26 Å². The molecule has 1 N–H and O–H groups in total. The number of carbonyl (C=O) groups excluding carboxylic acids is 1. The molecule has 0 radical (unpaired) electrons. The van der Waals surface area contributed by atoms with Crippen LogP contribution in [-0.4, -0.2) is 34.9 Å². The number of nitriles is 1. The number of carboxylic acid groups (broad SMARTS) is 1. The second-order valence-electron chi connectivity index (χ2n) is 11.8. The summed E-state index contributed by atoms with van der Waals surface area (Å²) in [5.41, 5.74) is -3.27. The highest BCUT2D eigenvalue weighted by molar-refractivity contribution is 5.77. The van der Waals surface area contributed by atoms with E-state index in [-0.39, 0.29) is 30.3 Å². The molecule has 31 heavy (non-hydrogen) atoms. The number of carboxylic acids is 1. The number of carbonyl (C=O) groups is 2. The molecule has 0 amide bonds. The van der Waals surface area contributed by atoms with Crippen LogP contribution < -0.4 is 0 Å². The third-order valence-electron chi connectivity index (χ3n) is 6.74. The van der Waals surface area contributed by atoms with E-state index in [1.165, 1.54) is 0 Å². The summed E-state index contributed by atoms with van der Waals surface area (Å²) >= 11 is 0. The van der Waals surface area contributed by atoms with E-state index in [0.29, 0.717) is 19.4 Å². The molecule has 0 aliphatic rings. The van der Waals surface area contributed by atoms with Crippen LogP contribution in [-0.2, 0) is 19.1 Å². The molecule has 0 heterocycles. The highest BCUT2D eigenvalue weighted by Gasteiger charge is 2.50. The Morgan fingerprint density at radius 1 is 0.968 bits per heavy atom. The van der Waals surface area contributed by atoms with Crippen LogP contribution in [0.15, 0.2) is 0 Å². The molecule has 0 aliphatic carbocycles. The summed E-state index contributed by atoms with van der Waals surface area (Å²) in [6.45, 7) is 21.7. The molecule has 6 heteroatoms. The fourth-order valence-electron chi connectivity index (χ4n) is 3.55. The molecule has 0 saturated carbocycles. The number of aliphatic carboxylic acids is 1. The standard InChI is InChI=1S/C25H45NO5/c1-18(2)25(11,16-22(6,7)24(10,17-26)13-12-19(27)28)20(29)31-23(8,9)14-15-30-21(3,4)5/h18H,12-16H2,1-11H3,(H,27,28). The topological polar surface area (TPSA) is 96.6 Å². The minimum absolute atomic E-state index is 0.0247. The predicted octanol–water partition coefficient (Wildman–Crippen LogP) is 5.99. The Morgan fingerprint density at radius 2 is 1.48 bits per heavy atom. The van der Waals surface area contributed by atoms with Gasteiger partial charge in [-0.15, -0.1) is 0 Å². The first kappa shape index (κ1) is 29.4. The average molecular weight is 440 g/mol. The molecule has 0 rings (SSSR count). The van der Waals surface area contributed by atoms with Crippen molar-refractivity contribution in [3.63, 3.8) is 0 Å². The van der Waals surface area contributed by atoms with Crippen molar-refractivity contribution in [3.8, 4) is 6.07 Å². The first-order chi connectivity index (χ1) is 13.7. The van der Waals surface area contributed by atoms with E-state index < -0.39 is 27.8 Å². The molecule has 2 unspecified atom stereocenters. The second kappa shape index (κ2) is 10.3. The molecule has 0 fully saturated rings. The fraction of sp³-hybridized carbons (Fsp3) is 0.880. The van der Waals surface area contributed by atoms with Crippen molar-refractivity contribution in [3.05, 3.63) is 0 Å². The van der Waals surface area contributed by atoms with Crippen LogP contribution in [0.2, 0.25) is 0 Å². The Balaban J connectivity index is 5.59. The van der Waals surface area contributed by atoms with Gasteiger partial charge in [0.1, 0.15) is 5.60 Å². The van der Waals surface area contributed by atoms with Crippen molar-refractivity contribution in [1.82, 2.24) is 0 Å². The van der Waals surface area contributed by atoms with Gasteiger partial charge in [0.25, 0.3) is 0 Å². The summed E-state index contributed by atoms with van der Waals surface area (Å²) in [5.74, 6) is -1.25. The van der Waals surface area contributed by atoms with Crippen LogP contribution in [0.5, 0.6) is 0 Å². The number of hydrogen-bond donors (Lipinski definition) is 1. The van der Waals surface area contributed by atoms with Crippen molar-refractivity contribution < 1.29 is 24.2 Å². The number of ether oxygens (including phenoxy) is 2. The monoisotopic (exact) mass is 439 g/mol. The van der Waals surface area contributed by atoms with Crippen LogP contribution in [0.4, 0.5) is 0 Å². The molecule has 6 nitrogen and oxygen atoms in total. The van der Waals surface area contributed by atoms with Crippen LogP contribution in [0.3, 0.4) is 0 Å². The summed E-state index contributed by atoms with van der Waals surface area (Å²) in [6.07, 6.45) is 1.12. The lowest BCUT2D eigenvalue weighted by atomic mass is 9.57. The normalized spacial score (nSPS) is 16.9. The van der Waals surface area contributed by atoms with Crippen molar-refractivity contribution >= 4 is 11.9 Å². The van der Waals surface area contributed by atoms with Crippen LogP contribution >= 0.6 is 0 Å². The molecule has 0 aliphatic heterocycles. The summed E-state index contributed by atoms with van der Waals surface area (Å²) in [5, 5.41) is 19.0. The Kier molecular flexibility index (Phi) is 9.80. The smallest absolute Gasteiger partial charge is 0.312 e. The zero-order chi connectivity index (χ0) is 24.9. The Morgan fingerprint density at radius 3 is 1.87 bits per heavy atom. The van der Waals surface area contributed by atoms with E-state index in [2.05, 4.69) is 6.07 Å². The minimum atomic E-state index is -0.928. The lowest BCUT2D eigenvalue weighted by molar-refractivity contribution is -0.177. The molecule has 0 spiro atoms. The number of nitrogens with zero attached hydrogens (tertiary/aromatic N) is 1. The van der Waals surface area contributed by atoms with Crippen molar-refractivity contribution in [2.45, 2.75) is 113 Å². The van der Waals surface area contributed by atoms with Crippen LogP contribution in [0.1, 0.15) is 102 Å². The minimum Gasteiger partial charge on any atom is -0.481 e. The Labute approximate surface area is 189 Å². The molecular weight excluding hydrogens is 394 g/mol. The van der Waals surface area contributed by atoms with Gasteiger partial charge in [0.2, 0.25) is 0 Å². The number of esters is 1. The molecule has 2 atom stereocenters. The molecule has 0 aromatic rings. The van der Waals surface area contributed by atoms with Crippen molar-refractivity contribution in [2.75, 3.05) is 6.61 Å². The van der Waals surface area contributed by atoms with E-state index in [1.807, 2.05) is 69.2 Å². The summed E-state index contributed by atoms with van der Waals surface area (Å²) in [7, 11) is 0. The average Bonchev–Trinajstić information content (AvgIpc) is 2.56. The Hall–Kier alpha value is -1.61. The van der Waals surface area contributed by atoms with Gasteiger partial charge in [-0.1, -0.05) is 27.7 Å². The maximum absolute atomic E-state index is 13.4. The molecule has 0 aromatic heterocycles. The van der Waals surface area contributed by atoms with E-state index in [1.54, 1.807) is 6.92 Å². The van der Waals surface area contributed by atoms with E-state index >= 15 is 0 Å². The summed E-state index contributed by atoms with van der Waals surface area (Å²) < 4.78 is 11.8. The van der Waals surface area contributed by atoms with Gasteiger partial charge in [0.05, 0.1) is 29.1 Å². The van der Waals surface area contributed by atoms with E-state index in [0.717, 1.165) is 0 Å². The van der Waals surface area contributed by atoms with Gasteiger partial charge >= 0.3 is 11.9 Å². The molecular formula is C25H45NO5. The first-order valence-corrected chi connectivity index (χ1v) is 11.2. The van der Waals surface area contributed by atoms with Gasteiger partial charge in [0.15, 0.2) is 0 Å². The highest BCUT2D eigenvalue weighted by atomic mass is 16.6. The lowest BCUT2D eigenvalue weighted by Crippen LogP contribution is -2.46. The SMILES string of the molecule is CC(C)C(C)(CC(C)(C)C(C)(C#N)CCC(=O)O)C(=O)OC(C)(C)CCOC(C)(C)C. The summed E-state index contributed by atoms with van der Waals surface area (Å²) in [6, 6.07) is 2.33. The maximum Gasteiger partial charge on any atom is 0.312 e. The molecule has 0 aromatic carbocycles. The first-order valence-electron chi connectivity index (χ1n) is 11.2. The van der Waals surface area contributed by atoms with E-state index in [9.17, 15) is 14.9 Å². The zero-order valence-corrected chi connectivity index (χ0v) is 21.6. The number of rotatable bonds is 12. The highest BCUT2D eigenvalue weighted by Crippen LogP contribution is 2.51. The maximum atomic E-state index is 13.4. The van der Waals surface area contributed by atoms with Gasteiger partial charge in [-0.3, -0.25) is 9.59 Å².